The van der Waals surface area contributed by atoms with E-state index in [0.717, 1.165) is 113 Å². The molecule has 2 aliphatic heterocycles. The highest BCUT2D eigenvalue weighted by molar-refractivity contribution is 6.07. The zero-order valence-corrected chi connectivity index (χ0v) is 25.7. The number of carbonyl (C=O) groups excluding carboxylic acids is 2. The SMILES string of the molecule is CCCC1(CCCCCCCCOc2cc(F)c(C(=O)N3CCCCCCC3)c(F)c2)C(=O)N(C)c2ccc(C#N)cc21. The van der Waals surface area contributed by atoms with Crippen LogP contribution >= 0.6 is 0 Å². The number of hydrogen-bond donors (Lipinski definition) is 0. The molecule has 0 aliphatic carbocycles. The summed E-state index contributed by atoms with van der Waals surface area (Å²) in [6, 6.07) is 10.0. The van der Waals surface area contributed by atoms with Crippen molar-refractivity contribution in [2.24, 2.45) is 0 Å². The van der Waals surface area contributed by atoms with Gasteiger partial charge < -0.3 is 14.5 Å². The first-order valence-corrected chi connectivity index (χ1v) is 16.1. The topological polar surface area (TPSA) is 73.6 Å². The number of ether oxygens (including phenoxy) is 1. The Balaban J connectivity index is 1.20. The van der Waals surface area contributed by atoms with Crippen LogP contribution in [0.2, 0.25) is 0 Å². The van der Waals surface area contributed by atoms with Crippen LogP contribution in [0.3, 0.4) is 0 Å². The van der Waals surface area contributed by atoms with Gasteiger partial charge in [-0.1, -0.05) is 64.7 Å². The average molecular weight is 594 g/mol. The molecule has 4 rings (SSSR count). The van der Waals surface area contributed by atoms with Crippen molar-refractivity contribution in [3.05, 3.63) is 58.7 Å². The number of amides is 2. The Labute approximate surface area is 255 Å². The first-order valence-electron chi connectivity index (χ1n) is 16.1. The molecule has 6 nitrogen and oxygen atoms in total. The van der Waals surface area contributed by atoms with Crippen LogP contribution in [0.4, 0.5) is 14.5 Å². The van der Waals surface area contributed by atoms with Gasteiger partial charge in [0.05, 0.1) is 23.7 Å². The van der Waals surface area contributed by atoms with Gasteiger partial charge in [-0.05, 0) is 55.9 Å². The summed E-state index contributed by atoms with van der Waals surface area (Å²) in [4.78, 5) is 29.5. The van der Waals surface area contributed by atoms with E-state index in [-0.39, 0.29) is 11.7 Å². The van der Waals surface area contributed by atoms with Crippen molar-refractivity contribution >= 4 is 17.5 Å². The van der Waals surface area contributed by atoms with Crippen LogP contribution in [-0.2, 0) is 10.2 Å². The lowest BCUT2D eigenvalue weighted by Crippen LogP contribution is -2.38. The third-order valence-electron chi connectivity index (χ3n) is 9.03. The van der Waals surface area contributed by atoms with E-state index in [9.17, 15) is 23.6 Å². The molecule has 43 heavy (non-hydrogen) atoms. The molecular formula is C35H45F2N3O3. The van der Waals surface area contributed by atoms with Crippen LogP contribution in [0.5, 0.6) is 5.75 Å². The van der Waals surface area contributed by atoms with Gasteiger partial charge in [0.2, 0.25) is 5.91 Å². The molecule has 1 unspecified atom stereocenters. The standard InChI is InChI=1S/C35H45F2N3O3/c1-3-17-35(28-22-26(25-38)15-16-31(28)39(2)34(35)42)18-11-7-4-5-10-14-21-43-27-23-29(36)32(30(37)24-27)33(41)40-19-12-8-6-9-13-20-40/h15-16,22-24H,3-14,17-21H2,1-2H3. The number of likely N-dealkylation sites (N-methyl/N-ethyl adjacent to an activating group) is 1. The van der Waals surface area contributed by atoms with Crippen molar-refractivity contribution in [3.63, 3.8) is 0 Å². The number of benzene rings is 2. The number of halogens is 2. The Kier molecular flexibility index (Phi) is 11.6. The second-order valence-corrected chi connectivity index (χ2v) is 12.1. The second-order valence-electron chi connectivity index (χ2n) is 12.1. The molecule has 2 aromatic rings. The van der Waals surface area contributed by atoms with E-state index >= 15 is 0 Å². The molecule has 0 bridgehead atoms. The number of likely N-dealkylation sites (tertiary alicyclic amines) is 1. The summed E-state index contributed by atoms with van der Waals surface area (Å²) in [5.74, 6) is -2.10. The highest BCUT2D eigenvalue weighted by atomic mass is 19.1. The lowest BCUT2D eigenvalue weighted by atomic mass is 9.73. The first-order chi connectivity index (χ1) is 20.8. The van der Waals surface area contributed by atoms with Crippen molar-refractivity contribution in [2.45, 2.75) is 102 Å². The Bertz CT molecular complexity index is 1290. The molecule has 8 heteroatoms. The molecule has 2 aliphatic rings. The van der Waals surface area contributed by atoms with Gasteiger partial charge in [0.1, 0.15) is 22.9 Å². The van der Waals surface area contributed by atoms with Gasteiger partial charge in [-0.15, -0.1) is 0 Å². The Hall–Kier alpha value is -3.47. The van der Waals surface area contributed by atoms with E-state index in [1.54, 1.807) is 15.9 Å². The maximum atomic E-state index is 14.8. The number of nitriles is 1. The molecule has 1 atom stereocenters. The van der Waals surface area contributed by atoms with E-state index in [1.807, 2.05) is 19.2 Å². The minimum Gasteiger partial charge on any atom is -0.493 e. The lowest BCUT2D eigenvalue weighted by molar-refractivity contribution is -0.123. The fourth-order valence-electron chi connectivity index (χ4n) is 6.73. The zero-order valence-electron chi connectivity index (χ0n) is 25.7. The molecule has 0 radical (unpaired) electrons. The zero-order chi connectivity index (χ0) is 30.8. The van der Waals surface area contributed by atoms with Gasteiger partial charge in [0.15, 0.2) is 0 Å². The van der Waals surface area contributed by atoms with Gasteiger partial charge in [-0.25, -0.2) is 8.78 Å². The van der Waals surface area contributed by atoms with E-state index in [4.69, 9.17) is 4.74 Å². The molecule has 1 fully saturated rings. The van der Waals surface area contributed by atoms with E-state index < -0.39 is 28.5 Å². The number of fused-ring (bicyclic) bond motifs is 1. The number of rotatable bonds is 13. The first kappa shape index (κ1) is 32.4. The van der Waals surface area contributed by atoms with Crippen molar-refractivity contribution < 1.29 is 23.1 Å². The molecule has 232 valence electrons. The molecule has 0 N–H and O–H groups in total. The highest BCUT2D eigenvalue weighted by Crippen LogP contribution is 2.47. The van der Waals surface area contributed by atoms with Crippen molar-refractivity contribution in [1.29, 1.82) is 5.26 Å². The summed E-state index contributed by atoms with van der Waals surface area (Å²) >= 11 is 0. The quantitative estimate of drug-likeness (QED) is 0.220. The minimum atomic E-state index is -0.874. The second kappa shape index (κ2) is 15.3. The van der Waals surface area contributed by atoms with Crippen LogP contribution in [0.25, 0.3) is 0 Å². The normalized spacial score (nSPS) is 18.6. The molecule has 0 spiro atoms. The predicted molar refractivity (Wildman–Crippen MR) is 164 cm³/mol. The molecule has 1 saturated heterocycles. The molecule has 0 aromatic heterocycles. The van der Waals surface area contributed by atoms with Gasteiger partial charge >= 0.3 is 0 Å². The van der Waals surface area contributed by atoms with Gasteiger partial charge in [-0.3, -0.25) is 9.59 Å². The van der Waals surface area contributed by atoms with E-state index in [1.165, 1.54) is 0 Å². The van der Waals surface area contributed by atoms with Crippen molar-refractivity contribution in [2.75, 3.05) is 31.6 Å². The Morgan fingerprint density at radius 3 is 2.21 bits per heavy atom. The van der Waals surface area contributed by atoms with Gasteiger partial charge in [-0.2, -0.15) is 5.26 Å². The van der Waals surface area contributed by atoms with Crippen LogP contribution in [0.1, 0.15) is 118 Å². The number of unbranched alkanes of at least 4 members (excludes halogenated alkanes) is 5. The van der Waals surface area contributed by atoms with E-state index in [2.05, 4.69) is 13.0 Å². The maximum Gasteiger partial charge on any atom is 0.259 e. The number of carbonyl (C=O) groups is 2. The van der Waals surface area contributed by atoms with E-state index in [0.29, 0.717) is 25.3 Å². The summed E-state index contributed by atoms with van der Waals surface area (Å²) < 4.78 is 35.2. The number of nitrogens with zero attached hydrogens (tertiary/aromatic N) is 3. The maximum absolute atomic E-state index is 14.8. The minimum absolute atomic E-state index is 0.103. The number of hydrogen-bond acceptors (Lipinski definition) is 4. The third-order valence-corrected chi connectivity index (χ3v) is 9.03. The van der Waals surface area contributed by atoms with Gasteiger partial charge in [0, 0.05) is 38.0 Å². The molecule has 2 heterocycles. The fourth-order valence-corrected chi connectivity index (χ4v) is 6.73. The van der Waals surface area contributed by atoms with Crippen LogP contribution in [0.15, 0.2) is 30.3 Å². The van der Waals surface area contributed by atoms with Crippen molar-refractivity contribution in [1.82, 2.24) is 4.90 Å². The smallest absolute Gasteiger partial charge is 0.259 e. The van der Waals surface area contributed by atoms with Gasteiger partial charge in [0.25, 0.3) is 5.91 Å². The monoisotopic (exact) mass is 593 g/mol. The number of anilines is 1. The molecule has 0 saturated carbocycles. The molecule has 2 aromatic carbocycles. The third kappa shape index (κ3) is 7.55. The summed E-state index contributed by atoms with van der Waals surface area (Å²) in [6.07, 6.45) is 12.9. The Morgan fingerprint density at radius 2 is 1.56 bits per heavy atom. The lowest BCUT2D eigenvalue weighted by Gasteiger charge is -2.28. The summed E-state index contributed by atoms with van der Waals surface area (Å²) in [5.41, 5.74) is 1.43. The van der Waals surface area contributed by atoms with Crippen molar-refractivity contribution in [3.8, 4) is 11.8 Å². The average Bonchev–Trinajstić information content (AvgIpc) is 3.17. The summed E-state index contributed by atoms with van der Waals surface area (Å²) in [5, 5.41) is 9.41. The summed E-state index contributed by atoms with van der Waals surface area (Å²) in [6.45, 7) is 3.50. The molecular weight excluding hydrogens is 548 g/mol. The fraction of sp³-hybridized carbons (Fsp3) is 0.571. The molecule has 2 amide bonds. The Morgan fingerprint density at radius 1 is 0.930 bits per heavy atom. The van der Waals surface area contributed by atoms with Crippen LogP contribution in [0, 0.1) is 23.0 Å². The largest absolute Gasteiger partial charge is 0.493 e. The van der Waals surface area contributed by atoms with Crippen LogP contribution in [-0.4, -0.2) is 43.5 Å². The highest BCUT2D eigenvalue weighted by Gasteiger charge is 2.48. The van der Waals surface area contributed by atoms with Crippen LogP contribution < -0.4 is 9.64 Å². The predicted octanol–water partition coefficient (Wildman–Crippen LogP) is 8.07. The summed E-state index contributed by atoms with van der Waals surface area (Å²) in [7, 11) is 1.82.